The molecule has 5 nitrogen and oxygen atoms in total. The second-order valence-electron chi connectivity index (χ2n) is 6.55. The molecule has 25 heavy (non-hydrogen) atoms. The van der Waals surface area contributed by atoms with Gasteiger partial charge in [-0.1, -0.05) is 24.3 Å². The second-order valence-corrected chi connectivity index (χ2v) is 8.97. The summed E-state index contributed by atoms with van der Waals surface area (Å²) in [6, 6.07) is 14.0. The molecule has 6 heteroatoms. The van der Waals surface area contributed by atoms with E-state index < -0.39 is 10.6 Å². The Morgan fingerprint density at radius 1 is 1.08 bits per heavy atom. The maximum Gasteiger partial charge on any atom is 0.337 e. The molecule has 0 spiro atoms. The van der Waals surface area contributed by atoms with E-state index in [2.05, 4.69) is 16.7 Å². The molecular weight excluding hydrogens is 338 g/mol. The van der Waals surface area contributed by atoms with Gasteiger partial charge in [0.2, 0.25) is 0 Å². The molecule has 1 aromatic heterocycles. The molecule has 1 fully saturated rings. The number of esters is 1. The van der Waals surface area contributed by atoms with E-state index in [1.165, 1.54) is 7.11 Å². The third-order valence-electron chi connectivity index (χ3n) is 5.05. The van der Waals surface area contributed by atoms with Crippen molar-refractivity contribution in [2.45, 2.75) is 18.9 Å². The minimum atomic E-state index is -2.43. The number of aromatic nitrogens is 1. The number of methoxy groups -OCH3 is 1. The predicted octanol–water partition coefficient (Wildman–Crippen LogP) is 4.67. The van der Waals surface area contributed by atoms with E-state index in [4.69, 9.17) is 4.74 Å². The van der Waals surface area contributed by atoms with Crippen molar-refractivity contribution in [1.29, 1.82) is 0 Å². The van der Waals surface area contributed by atoms with Crippen molar-refractivity contribution < 1.29 is 18.6 Å². The van der Waals surface area contributed by atoms with Crippen LogP contribution in [-0.4, -0.2) is 38.3 Å². The van der Waals surface area contributed by atoms with Crippen LogP contribution in [0.1, 0.15) is 29.2 Å². The number of nitrogens with zero attached hydrogens (tertiary/aromatic N) is 1. The maximum absolute atomic E-state index is 12.0. The highest BCUT2D eigenvalue weighted by atomic mass is 32.3. The maximum atomic E-state index is 12.0. The zero-order chi connectivity index (χ0) is 17.6. The van der Waals surface area contributed by atoms with Gasteiger partial charge in [-0.05, 0) is 31.0 Å². The molecule has 0 aliphatic carbocycles. The average Bonchev–Trinajstić information content (AvgIpc) is 2.95. The summed E-state index contributed by atoms with van der Waals surface area (Å²) in [6.07, 6.45) is 1.44. The zero-order valence-electron chi connectivity index (χ0n) is 14.0. The summed E-state index contributed by atoms with van der Waals surface area (Å²) < 4.78 is 27.0. The Morgan fingerprint density at radius 2 is 1.76 bits per heavy atom. The highest BCUT2D eigenvalue weighted by molar-refractivity contribution is 8.24. The van der Waals surface area contributed by atoms with E-state index >= 15 is 0 Å². The van der Waals surface area contributed by atoms with Crippen LogP contribution in [0.2, 0.25) is 0 Å². The first-order valence-corrected chi connectivity index (χ1v) is 10.2. The standard InChI is InChI=1S/C19H21NO4S/c1-24-19(21)13-6-7-16-15-4-2-3-5-17(15)20(18(16)12-13)14-8-10-25(22,23)11-9-14/h2-7,12,14,22-23H,8-11H2,1H3. The number of para-hydroxylation sites is 1. The highest BCUT2D eigenvalue weighted by Crippen LogP contribution is 2.48. The summed E-state index contributed by atoms with van der Waals surface area (Å²) in [5, 5.41) is 2.24. The van der Waals surface area contributed by atoms with E-state index in [0.717, 1.165) is 34.6 Å². The Morgan fingerprint density at radius 3 is 2.48 bits per heavy atom. The first-order valence-electron chi connectivity index (χ1n) is 8.35. The molecular formula is C19H21NO4S. The number of benzene rings is 2. The van der Waals surface area contributed by atoms with Gasteiger partial charge in [0, 0.05) is 33.8 Å². The number of fused-ring (bicyclic) bond motifs is 3. The molecule has 0 saturated carbocycles. The number of hydrogen-bond acceptors (Lipinski definition) is 4. The Bertz CT molecular complexity index is 953. The minimum Gasteiger partial charge on any atom is -0.465 e. The van der Waals surface area contributed by atoms with Gasteiger partial charge in [-0.25, -0.2) is 4.79 Å². The lowest BCUT2D eigenvalue weighted by molar-refractivity contribution is 0.0601. The minimum absolute atomic E-state index is 0.190. The van der Waals surface area contributed by atoms with E-state index in [1.807, 2.05) is 24.3 Å². The van der Waals surface area contributed by atoms with Gasteiger partial charge in [-0.15, -0.1) is 0 Å². The van der Waals surface area contributed by atoms with Crippen LogP contribution in [-0.2, 0) is 4.74 Å². The first-order chi connectivity index (χ1) is 12.0. The van der Waals surface area contributed by atoms with Crippen LogP contribution in [0.4, 0.5) is 0 Å². The second kappa shape index (κ2) is 6.05. The van der Waals surface area contributed by atoms with Gasteiger partial charge in [0.15, 0.2) is 0 Å². The fraction of sp³-hybridized carbons (Fsp3) is 0.316. The molecule has 0 radical (unpaired) electrons. The molecule has 1 saturated heterocycles. The molecule has 0 atom stereocenters. The Balaban J connectivity index is 1.91. The molecule has 2 N–H and O–H groups in total. The molecule has 4 rings (SSSR count). The molecule has 0 unspecified atom stereocenters. The number of rotatable bonds is 2. The highest BCUT2D eigenvalue weighted by Gasteiger charge is 2.27. The van der Waals surface area contributed by atoms with Gasteiger partial charge in [-0.3, -0.25) is 9.11 Å². The van der Waals surface area contributed by atoms with Crippen molar-refractivity contribution in [3.8, 4) is 0 Å². The van der Waals surface area contributed by atoms with Crippen LogP contribution in [0.15, 0.2) is 42.5 Å². The van der Waals surface area contributed by atoms with Crippen LogP contribution >= 0.6 is 10.6 Å². The Labute approximate surface area is 147 Å². The van der Waals surface area contributed by atoms with Crippen molar-refractivity contribution >= 4 is 38.4 Å². The third kappa shape index (κ3) is 2.80. The quantitative estimate of drug-likeness (QED) is 0.653. The fourth-order valence-electron chi connectivity index (χ4n) is 3.79. The molecule has 0 bridgehead atoms. The van der Waals surface area contributed by atoms with Crippen molar-refractivity contribution in [2.75, 3.05) is 18.6 Å². The lowest BCUT2D eigenvalue weighted by Gasteiger charge is -2.40. The largest absolute Gasteiger partial charge is 0.465 e. The third-order valence-corrected chi connectivity index (χ3v) is 6.83. The zero-order valence-corrected chi connectivity index (χ0v) is 14.8. The van der Waals surface area contributed by atoms with Crippen LogP contribution < -0.4 is 0 Å². The molecule has 3 aromatic rings. The molecule has 2 heterocycles. The fourth-order valence-corrected chi connectivity index (χ4v) is 5.30. The van der Waals surface area contributed by atoms with Crippen molar-refractivity contribution in [1.82, 2.24) is 4.57 Å². The van der Waals surface area contributed by atoms with Crippen LogP contribution in [0.3, 0.4) is 0 Å². The van der Waals surface area contributed by atoms with Gasteiger partial charge >= 0.3 is 5.97 Å². The Kier molecular flexibility index (Phi) is 3.98. The molecule has 2 aromatic carbocycles. The number of hydrogen-bond donors (Lipinski definition) is 2. The summed E-state index contributed by atoms with van der Waals surface area (Å²) in [5.41, 5.74) is 2.63. The van der Waals surface area contributed by atoms with Gasteiger partial charge in [0.25, 0.3) is 0 Å². The summed E-state index contributed by atoms with van der Waals surface area (Å²) in [7, 11) is -1.04. The summed E-state index contributed by atoms with van der Waals surface area (Å²) in [6.45, 7) is 0. The normalized spacial score (nSPS) is 19.2. The molecule has 132 valence electrons. The van der Waals surface area contributed by atoms with Gasteiger partial charge in [-0.2, -0.15) is 10.6 Å². The van der Waals surface area contributed by atoms with Crippen LogP contribution in [0.5, 0.6) is 0 Å². The van der Waals surface area contributed by atoms with Gasteiger partial charge < -0.3 is 9.30 Å². The van der Waals surface area contributed by atoms with Crippen LogP contribution in [0, 0.1) is 0 Å². The van der Waals surface area contributed by atoms with E-state index in [0.29, 0.717) is 17.1 Å². The van der Waals surface area contributed by atoms with E-state index in [1.54, 1.807) is 6.07 Å². The number of ether oxygens (including phenoxy) is 1. The smallest absolute Gasteiger partial charge is 0.337 e. The monoisotopic (exact) mass is 359 g/mol. The number of carbonyl (C=O) groups is 1. The summed E-state index contributed by atoms with van der Waals surface area (Å²) >= 11 is 0. The molecule has 0 amide bonds. The summed E-state index contributed by atoms with van der Waals surface area (Å²) in [5.74, 6) is 0.515. The van der Waals surface area contributed by atoms with Crippen LogP contribution in [0.25, 0.3) is 21.8 Å². The molecule has 1 aliphatic rings. The molecule has 1 aliphatic heterocycles. The predicted molar refractivity (Wildman–Crippen MR) is 102 cm³/mol. The van der Waals surface area contributed by atoms with Gasteiger partial charge in [0.1, 0.15) is 0 Å². The number of carbonyl (C=O) groups excluding carboxylic acids is 1. The van der Waals surface area contributed by atoms with E-state index in [-0.39, 0.29) is 12.0 Å². The average molecular weight is 359 g/mol. The SMILES string of the molecule is COC(=O)c1ccc2c3ccccc3n(C3CCS(O)(O)CC3)c2c1. The van der Waals surface area contributed by atoms with Crippen molar-refractivity contribution in [2.24, 2.45) is 0 Å². The van der Waals surface area contributed by atoms with Crippen molar-refractivity contribution in [3.05, 3.63) is 48.0 Å². The first kappa shape index (κ1) is 16.4. The lowest BCUT2D eigenvalue weighted by atomic mass is 10.1. The topological polar surface area (TPSA) is 71.7 Å². The lowest BCUT2D eigenvalue weighted by Crippen LogP contribution is -2.23. The van der Waals surface area contributed by atoms with Gasteiger partial charge in [0.05, 0.1) is 18.2 Å². The Hall–Kier alpha value is -2.02. The van der Waals surface area contributed by atoms with Crippen molar-refractivity contribution in [3.63, 3.8) is 0 Å². The summed E-state index contributed by atoms with van der Waals surface area (Å²) in [4.78, 5) is 12.0. The van der Waals surface area contributed by atoms with E-state index in [9.17, 15) is 13.9 Å².